The standard InChI is InChI=1S/C26H25FN4O3S/c27-19-4-3-17(22(12-19)18-8-10-34-15-18)14-29-20-5-1-16(2-6-20)11-24-28-9-7-21(30-24)13-23-25(32)31-26(33)35-23/h3-4,7-10,12-13,15-16,20,29H,1-2,5-6,11,14H2,(H,31,32,33)/b23-13-. The second-order valence-corrected chi connectivity index (χ2v) is 9.88. The van der Waals surface area contributed by atoms with Crippen molar-refractivity contribution >= 4 is 29.0 Å². The zero-order valence-electron chi connectivity index (χ0n) is 19.0. The maximum absolute atomic E-state index is 13.8. The highest BCUT2D eigenvalue weighted by molar-refractivity contribution is 8.18. The number of amides is 2. The van der Waals surface area contributed by atoms with Gasteiger partial charge in [-0.25, -0.2) is 14.4 Å². The topological polar surface area (TPSA) is 97.1 Å². The summed E-state index contributed by atoms with van der Waals surface area (Å²) in [6.45, 7) is 0.671. The van der Waals surface area contributed by atoms with Crippen LogP contribution in [0.4, 0.5) is 9.18 Å². The predicted octanol–water partition coefficient (Wildman–Crippen LogP) is 5.09. The van der Waals surface area contributed by atoms with Crippen molar-refractivity contribution in [1.82, 2.24) is 20.6 Å². The van der Waals surface area contributed by atoms with Crippen molar-refractivity contribution in [2.75, 3.05) is 0 Å². The van der Waals surface area contributed by atoms with Gasteiger partial charge in [-0.05, 0) is 84.8 Å². The smallest absolute Gasteiger partial charge is 0.290 e. The molecule has 0 radical (unpaired) electrons. The second-order valence-electron chi connectivity index (χ2n) is 8.87. The number of hydrogen-bond donors (Lipinski definition) is 2. The quantitative estimate of drug-likeness (QED) is 0.444. The van der Waals surface area contributed by atoms with E-state index in [0.717, 1.165) is 66.4 Å². The molecule has 5 rings (SSSR count). The third kappa shape index (κ3) is 5.86. The summed E-state index contributed by atoms with van der Waals surface area (Å²) in [5.74, 6) is 0.603. The first-order valence-corrected chi connectivity index (χ1v) is 12.5. The Morgan fingerprint density at radius 3 is 2.77 bits per heavy atom. The van der Waals surface area contributed by atoms with E-state index in [9.17, 15) is 14.0 Å². The molecule has 1 aromatic carbocycles. The lowest BCUT2D eigenvalue weighted by Gasteiger charge is -2.29. The van der Waals surface area contributed by atoms with Gasteiger partial charge in [0.1, 0.15) is 11.6 Å². The number of thioether (sulfide) groups is 1. The van der Waals surface area contributed by atoms with Gasteiger partial charge in [0.2, 0.25) is 0 Å². The van der Waals surface area contributed by atoms with E-state index < -0.39 is 0 Å². The highest BCUT2D eigenvalue weighted by atomic mass is 32.2. The molecule has 1 aliphatic carbocycles. The fourth-order valence-electron chi connectivity index (χ4n) is 4.62. The summed E-state index contributed by atoms with van der Waals surface area (Å²) in [4.78, 5) is 32.5. The summed E-state index contributed by atoms with van der Waals surface area (Å²) in [5.41, 5.74) is 3.40. The van der Waals surface area contributed by atoms with E-state index in [2.05, 4.69) is 20.6 Å². The first kappa shape index (κ1) is 23.4. The Kier molecular flexibility index (Phi) is 7.06. The van der Waals surface area contributed by atoms with Crippen LogP contribution in [-0.2, 0) is 17.8 Å². The van der Waals surface area contributed by atoms with Gasteiger partial charge >= 0.3 is 0 Å². The molecule has 2 aliphatic rings. The van der Waals surface area contributed by atoms with Gasteiger partial charge in [0.15, 0.2) is 0 Å². The van der Waals surface area contributed by atoms with Gasteiger partial charge in [0, 0.05) is 30.8 Å². The number of benzene rings is 1. The third-order valence-electron chi connectivity index (χ3n) is 6.45. The van der Waals surface area contributed by atoms with Crippen LogP contribution in [0.25, 0.3) is 17.2 Å². The van der Waals surface area contributed by atoms with Crippen molar-refractivity contribution in [3.05, 3.63) is 76.9 Å². The van der Waals surface area contributed by atoms with Crippen molar-refractivity contribution in [2.24, 2.45) is 5.92 Å². The van der Waals surface area contributed by atoms with Crippen LogP contribution in [-0.4, -0.2) is 27.2 Å². The molecule has 1 saturated carbocycles. The van der Waals surface area contributed by atoms with Crippen LogP contribution in [0.2, 0.25) is 0 Å². The van der Waals surface area contributed by atoms with Crippen LogP contribution in [0.15, 0.2) is 58.4 Å². The number of hydrogen-bond acceptors (Lipinski definition) is 7. The molecule has 2 aromatic heterocycles. The van der Waals surface area contributed by atoms with Crippen molar-refractivity contribution in [1.29, 1.82) is 0 Å². The van der Waals surface area contributed by atoms with Crippen LogP contribution in [0.5, 0.6) is 0 Å². The number of carbonyl (C=O) groups excluding carboxylic acids is 2. The minimum Gasteiger partial charge on any atom is -0.472 e. The lowest BCUT2D eigenvalue weighted by molar-refractivity contribution is -0.115. The highest BCUT2D eigenvalue weighted by Gasteiger charge is 2.26. The fourth-order valence-corrected chi connectivity index (χ4v) is 5.29. The highest BCUT2D eigenvalue weighted by Crippen LogP contribution is 2.29. The van der Waals surface area contributed by atoms with E-state index in [0.29, 0.717) is 29.1 Å². The molecule has 3 heterocycles. The third-order valence-corrected chi connectivity index (χ3v) is 7.26. The maximum atomic E-state index is 13.8. The second kappa shape index (κ2) is 10.5. The molecule has 0 atom stereocenters. The average molecular weight is 493 g/mol. The number of rotatable bonds is 7. The lowest BCUT2D eigenvalue weighted by Crippen LogP contribution is -2.33. The molecule has 1 aliphatic heterocycles. The first-order chi connectivity index (χ1) is 17.0. The summed E-state index contributed by atoms with van der Waals surface area (Å²) in [5, 5.41) is 5.53. The molecule has 180 valence electrons. The Morgan fingerprint density at radius 1 is 1.17 bits per heavy atom. The number of furan rings is 1. The molecule has 0 spiro atoms. The van der Waals surface area contributed by atoms with E-state index in [4.69, 9.17) is 4.42 Å². The minimum absolute atomic E-state index is 0.258. The van der Waals surface area contributed by atoms with Gasteiger partial charge in [-0.3, -0.25) is 14.9 Å². The normalized spacial score (nSPS) is 21.5. The Morgan fingerprint density at radius 2 is 2.03 bits per heavy atom. The van der Waals surface area contributed by atoms with Gasteiger partial charge < -0.3 is 9.73 Å². The lowest BCUT2D eigenvalue weighted by atomic mass is 9.84. The van der Waals surface area contributed by atoms with Gasteiger partial charge in [-0.1, -0.05) is 6.07 Å². The van der Waals surface area contributed by atoms with Crippen LogP contribution in [0.3, 0.4) is 0 Å². The van der Waals surface area contributed by atoms with Crippen molar-refractivity contribution in [3.63, 3.8) is 0 Å². The number of imide groups is 1. The Labute approximate surface area is 206 Å². The first-order valence-electron chi connectivity index (χ1n) is 11.6. The summed E-state index contributed by atoms with van der Waals surface area (Å²) >= 11 is 0.885. The number of carbonyl (C=O) groups is 2. The molecule has 7 nitrogen and oxygen atoms in total. The van der Waals surface area contributed by atoms with Gasteiger partial charge in [-0.2, -0.15) is 0 Å². The largest absolute Gasteiger partial charge is 0.472 e. The fraction of sp³-hybridized carbons (Fsp3) is 0.308. The van der Waals surface area contributed by atoms with Crippen molar-refractivity contribution < 1.29 is 18.4 Å². The molecule has 2 amide bonds. The van der Waals surface area contributed by atoms with E-state index in [1.165, 1.54) is 6.07 Å². The predicted molar refractivity (Wildman–Crippen MR) is 132 cm³/mol. The maximum Gasteiger partial charge on any atom is 0.290 e. The zero-order chi connectivity index (χ0) is 24.2. The monoisotopic (exact) mass is 492 g/mol. The summed E-state index contributed by atoms with van der Waals surface area (Å²) in [6, 6.07) is 8.87. The van der Waals surface area contributed by atoms with Crippen LogP contribution < -0.4 is 10.6 Å². The van der Waals surface area contributed by atoms with Crippen LogP contribution in [0.1, 0.15) is 42.8 Å². The molecule has 3 aromatic rings. The SMILES string of the molecule is O=C1NC(=O)/C(=C/c2ccnc(CC3CCC(NCc4ccc(F)cc4-c4ccoc4)CC3)n2)S1. The number of nitrogens with one attached hydrogen (secondary N) is 2. The molecule has 2 fully saturated rings. The Balaban J connectivity index is 1.14. The molecule has 0 bridgehead atoms. The number of halogens is 1. The average Bonchev–Trinajstić information content (AvgIpc) is 3.49. The molecule has 35 heavy (non-hydrogen) atoms. The van der Waals surface area contributed by atoms with Crippen LogP contribution >= 0.6 is 11.8 Å². The Bertz CT molecular complexity index is 1250. The van der Waals surface area contributed by atoms with Crippen molar-refractivity contribution in [2.45, 2.75) is 44.7 Å². The van der Waals surface area contributed by atoms with Gasteiger partial charge in [0.05, 0.1) is 23.1 Å². The molecular weight excluding hydrogens is 467 g/mol. The molecule has 1 saturated heterocycles. The minimum atomic E-state index is -0.386. The molecular formula is C26H25FN4O3S. The van der Waals surface area contributed by atoms with E-state index in [-0.39, 0.29) is 17.0 Å². The van der Waals surface area contributed by atoms with E-state index in [1.807, 2.05) is 12.1 Å². The van der Waals surface area contributed by atoms with E-state index in [1.54, 1.807) is 36.9 Å². The summed E-state index contributed by atoms with van der Waals surface area (Å²) in [7, 11) is 0. The number of aromatic nitrogens is 2. The van der Waals surface area contributed by atoms with Crippen molar-refractivity contribution in [3.8, 4) is 11.1 Å². The molecule has 2 N–H and O–H groups in total. The van der Waals surface area contributed by atoms with Crippen LogP contribution in [0, 0.1) is 11.7 Å². The zero-order valence-corrected chi connectivity index (χ0v) is 19.8. The molecule has 9 heteroatoms. The number of nitrogens with zero attached hydrogens (tertiary/aromatic N) is 2. The summed E-state index contributed by atoms with van der Waals surface area (Å²) in [6.07, 6.45) is 11.6. The van der Waals surface area contributed by atoms with Gasteiger partial charge in [0.25, 0.3) is 11.1 Å². The summed E-state index contributed by atoms with van der Waals surface area (Å²) < 4.78 is 19.0. The van der Waals surface area contributed by atoms with Gasteiger partial charge in [-0.15, -0.1) is 0 Å². The molecule has 0 unspecified atom stereocenters. The van der Waals surface area contributed by atoms with E-state index >= 15 is 0 Å². The Hall–Kier alpha value is -3.30.